The van der Waals surface area contributed by atoms with Gasteiger partial charge in [0.15, 0.2) is 0 Å². The first kappa shape index (κ1) is 27.3. The summed E-state index contributed by atoms with van der Waals surface area (Å²) in [6, 6.07) is 0. The topological polar surface area (TPSA) is 72.8 Å². The van der Waals surface area contributed by atoms with E-state index in [2.05, 4.69) is 0 Å². The van der Waals surface area contributed by atoms with Gasteiger partial charge in [-0.2, -0.15) is 69.9 Å². The number of hydrogen-bond donors (Lipinski definition) is 1. The quantitative estimate of drug-likeness (QED) is 0.291. The number of halogens is 15. The van der Waals surface area contributed by atoms with Crippen LogP contribution in [0.3, 0.4) is 0 Å². The van der Waals surface area contributed by atoms with Gasteiger partial charge in [0.1, 0.15) is 0 Å². The first-order valence-corrected chi connectivity index (χ1v) is 7.60. The van der Waals surface area contributed by atoms with Crippen LogP contribution in [0.15, 0.2) is 0 Å². The van der Waals surface area contributed by atoms with E-state index in [0.29, 0.717) is 15.9 Å². The Morgan fingerprint density at radius 2 is 1.00 bits per heavy atom. The van der Waals surface area contributed by atoms with Gasteiger partial charge in [-0.3, -0.25) is 14.0 Å². The van der Waals surface area contributed by atoms with Gasteiger partial charge >= 0.3 is 50.6 Å². The number of hydrogen-bond acceptors (Lipinski definition) is 4. The molecule has 5 nitrogen and oxygen atoms in total. The van der Waals surface area contributed by atoms with Gasteiger partial charge in [-0.1, -0.05) is 0 Å². The summed E-state index contributed by atoms with van der Waals surface area (Å²) in [5.74, 6) is -7.71. The van der Waals surface area contributed by atoms with Gasteiger partial charge < -0.3 is 0 Å². The molecule has 2 atom stereocenters. The molecule has 28 heavy (non-hydrogen) atoms. The van der Waals surface area contributed by atoms with Gasteiger partial charge in [0, 0.05) is 0 Å². The smallest absolute Gasteiger partial charge is 0.281 e. The Bertz CT molecular complexity index is 683. The van der Waals surface area contributed by atoms with E-state index >= 15 is 0 Å². The van der Waals surface area contributed by atoms with Crippen molar-refractivity contribution in [2.75, 3.05) is 0 Å². The zero-order valence-electron chi connectivity index (χ0n) is 11.7. The van der Waals surface area contributed by atoms with Gasteiger partial charge in [0.05, 0.1) is 0 Å². The van der Waals surface area contributed by atoms with Crippen LogP contribution in [-0.2, 0) is 19.6 Å². The standard InChI is InChI=1S/C7HBrF14O5S/c8-2(10,4(14,15)16)27-5(17,18)1(9,3(11,12)13)26-6(19,20)7(21,22)28(23,24)25/h(H,23,24,25). The molecule has 1 N–H and O–H groups in total. The highest BCUT2D eigenvalue weighted by Gasteiger charge is 2.83. The monoisotopic (exact) mass is 542 g/mol. The van der Waals surface area contributed by atoms with Gasteiger partial charge in [-0.05, 0) is 15.9 Å². The third-order valence-corrected chi connectivity index (χ3v) is 3.75. The van der Waals surface area contributed by atoms with E-state index in [9.17, 15) is 69.9 Å². The maximum Gasteiger partial charge on any atom is 0.460 e. The Labute approximate surface area is 151 Å². The second-order valence-corrected chi connectivity index (χ2v) is 6.82. The molecular formula is C7HBrF14O5S. The molecule has 2 unspecified atom stereocenters. The lowest BCUT2D eigenvalue weighted by Gasteiger charge is -2.38. The van der Waals surface area contributed by atoms with Gasteiger partial charge in [0.25, 0.3) is 0 Å². The van der Waals surface area contributed by atoms with Crippen LogP contribution in [0, 0.1) is 0 Å². The molecule has 0 bridgehead atoms. The van der Waals surface area contributed by atoms with Crippen molar-refractivity contribution in [1.82, 2.24) is 0 Å². The molecular weight excluding hydrogens is 542 g/mol. The summed E-state index contributed by atoms with van der Waals surface area (Å²) < 4.78 is 203. The molecule has 0 spiro atoms. The van der Waals surface area contributed by atoms with Gasteiger partial charge in [-0.15, -0.1) is 0 Å². The van der Waals surface area contributed by atoms with Crippen molar-refractivity contribution in [3.8, 4) is 0 Å². The van der Waals surface area contributed by atoms with Crippen LogP contribution in [0.5, 0.6) is 0 Å². The largest absolute Gasteiger partial charge is 0.460 e. The third kappa shape index (κ3) is 4.73. The van der Waals surface area contributed by atoms with Crippen LogP contribution >= 0.6 is 15.9 Å². The van der Waals surface area contributed by atoms with E-state index in [1.165, 1.54) is 4.74 Å². The summed E-state index contributed by atoms with van der Waals surface area (Å²) in [4.78, 5) is 0. The van der Waals surface area contributed by atoms with E-state index in [-0.39, 0.29) is 0 Å². The molecule has 0 aliphatic carbocycles. The first-order chi connectivity index (χ1) is 11.7. The molecule has 0 aromatic carbocycles. The number of ether oxygens (including phenoxy) is 2. The Balaban J connectivity index is 6.45. The van der Waals surface area contributed by atoms with Crippen molar-refractivity contribution in [3.05, 3.63) is 0 Å². The molecule has 21 heteroatoms. The molecule has 0 amide bonds. The summed E-state index contributed by atoms with van der Waals surface area (Å²) in [6.07, 6.45) is -29.4. The van der Waals surface area contributed by atoms with Crippen molar-refractivity contribution in [2.24, 2.45) is 0 Å². The Kier molecular flexibility index (Phi) is 6.78. The van der Waals surface area contributed by atoms with Gasteiger partial charge in [-0.25, -0.2) is 0 Å². The Morgan fingerprint density at radius 3 is 1.25 bits per heavy atom. The van der Waals surface area contributed by atoms with Crippen LogP contribution in [0.25, 0.3) is 0 Å². The Hall–Kier alpha value is -0.670. The van der Waals surface area contributed by atoms with E-state index in [1.807, 2.05) is 4.74 Å². The lowest BCUT2D eigenvalue weighted by atomic mass is 10.2. The zero-order valence-corrected chi connectivity index (χ0v) is 14.1. The van der Waals surface area contributed by atoms with Crippen LogP contribution < -0.4 is 0 Å². The van der Waals surface area contributed by atoms with E-state index in [1.54, 1.807) is 0 Å². The molecule has 0 radical (unpaired) electrons. The average molecular weight is 543 g/mol. The van der Waals surface area contributed by atoms with Crippen LogP contribution in [0.1, 0.15) is 0 Å². The minimum absolute atomic E-state index is 0.593. The van der Waals surface area contributed by atoms with Crippen molar-refractivity contribution in [1.29, 1.82) is 0 Å². The van der Waals surface area contributed by atoms with Crippen molar-refractivity contribution in [3.63, 3.8) is 0 Å². The molecule has 0 aliphatic heterocycles. The Morgan fingerprint density at radius 1 is 0.643 bits per heavy atom. The second-order valence-electron chi connectivity index (χ2n) is 4.34. The lowest BCUT2D eigenvalue weighted by molar-refractivity contribution is -0.529. The first-order valence-electron chi connectivity index (χ1n) is 5.37. The predicted octanol–water partition coefficient (Wildman–Crippen LogP) is 4.49. The summed E-state index contributed by atoms with van der Waals surface area (Å²) in [5, 5.41) is -7.25. The fraction of sp³-hybridized carbons (Fsp3) is 1.00. The molecule has 0 aliphatic rings. The number of alkyl halides is 15. The fourth-order valence-electron chi connectivity index (χ4n) is 0.953. The van der Waals surface area contributed by atoms with E-state index in [4.69, 9.17) is 4.55 Å². The summed E-state index contributed by atoms with van der Waals surface area (Å²) >= 11 is 0.593. The normalized spacial score (nSPS) is 19.9. The molecule has 0 fully saturated rings. The molecule has 0 rings (SSSR count). The minimum Gasteiger partial charge on any atom is -0.281 e. The van der Waals surface area contributed by atoms with Crippen LogP contribution in [0.4, 0.5) is 61.5 Å². The maximum absolute atomic E-state index is 13.5. The fourth-order valence-corrected chi connectivity index (χ4v) is 1.50. The molecule has 0 saturated heterocycles. The molecule has 0 aromatic rings. The predicted molar refractivity (Wildman–Crippen MR) is 57.3 cm³/mol. The van der Waals surface area contributed by atoms with Crippen LogP contribution in [0.2, 0.25) is 0 Å². The molecule has 170 valence electrons. The average Bonchev–Trinajstić information content (AvgIpc) is 2.31. The molecule has 0 aromatic heterocycles. The highest BCUT2D eigenvalue weighted by molar-refractivity contribution is 9.10. The van der Waals surface area contributed by atoms with Crippen LogP contribution in [-0.4, -0.2) is 53.4 Å². The molecule has 0 saturated carbocycles. The maximum atomic E-state index is 13.5. The summed E-state index contributed by atoms with van der Waals surface area (Å²) in [5.41, 5.74) is 0. The molecule has 0 heterocycles. The minimum atomic E-state index is -7.71. The van der Waals surface area contributed by atoms with E-state index in [0.717, 1.165) is 0 Å². The highest BCUT2D eigenvalue weighted by atomic mass is 79.9. The summed E-state index contributed by atoms with van der Waals surface area (Å²) in [6.45, 7) is 0. The van der Waals surface area contributed by atoms with Crippen molar-refractivity contribution < 1.29 is 83.9 Å². The third-order valence-electron chi connectivity index (χ3n) is 2.26. The van der Waals surface area contributed by atoms with E-state index < -0.39 is 50.6 Å². The SMILES string of the molecule is O=S(=O)(O)C(F)(F)C(F)(F)OC(F)(C(F)(F)F)C(F)(F)OC(F)(Br)C(F)(F)F. The second kappa shape index (κ2) is 6.94. The summed E-state index contributed by atoms with van der Waals surface area (Å²) in [7, 11) is -7.47. The zero-order chi connectivity index (χ0) is 23.4. The highest BCUT2D eigenvalue weighted by Crippen LogP contribution is 2.55. The van der Waals surface area contributed by atoms with Crippen molar-refractivity contribution >= 4 is 26.0 Å². The number of rotatable bonds is 7. The van der Waals surface area contributed by atoms with Crippen molar-refractivity contribution in [2.45, 2.75) is 40.4 Å². The van der Waals surface area contributed by atoms with Gasteiger partial charge in [0.2, 0.25) is 0 Å². The lowest BCUT2D eigenvalue weighted by Crippen LogP contribution is -2.65.